The van der Waals surface area contributed by atoms with Crippen molar-refractivity contribution in [2.24, 2.45) is 4.99 Å². The summed E-state index contributed by atoms with van der Waals surface area (Å²) in [6.07, 6.45) is 0. The van der Waals surface area contributed by atoms with Crippen LogP contribution in [0.3, 0.4) is 0 Å². The predicted octanol–water partition coefficient (Wildman–Crippen LogP) is 3.71. The van der Waals surface area contributed by atoms with Crippen molar-refractivity contribution in [2.45, 2.75) is 19.7 Å². The van der Waals surface area contributed by atoms with Gasteiger partial charge in [-0.25, -0.2) is 0 Å². The lowest BCUT2D eigenvalue weighted by Crippen LogP contribution is -2.36. The van der Waals surface area contributed by atoms with Gasteiger partial charge < -0.3 is 20.3 Å². The molecule has 0 saturated carbocycles. The molecule has 1 saturated heterocycles. The van der Waals surface area contributed by atoms with Crippen LogP contribution in [0.25, 0.3) is 0 Å². The molecule has 1 heterocycles. The van der Waals surface area contributed by atoms with E-state index in [1.165, 1.54) is 23.3 Å². The lowest BCUT2D eigenvalue weighted by molar-refractivity contribution is -0.0504. The maximum atomic E-state index is 12.5. The Morgan fingerprint density at radius 3 is 2.45 bits per heavy atom. The fraction of sp³-hybridized carbons (Fsp3) is 0.381. The Labute approximate surface area is 174 Å². The molecule has 1 fully saturated rings. The summed E-state index contributed by atoms with van der Waals surface area (Å²) in [4.78, 5) is 6.60. The third-order valence-electron chi connectivity index (χ3n) is 4.63. The number of nitrogens with one attached hydrogen (secondary N) is 2. The van der Waals surface area contributed by atoms with E-state index in [-0.39, 0.29) is 5.75 Å². The van der Waals surface area contributed by atoms with Gasteiger partial charge in [0.2, 0.25) is 0 Å². The van der Waals surface area contributed by atoms with Crippen LogP contribution in [0.1, 0.15) is 11.1 Å². The van der Waals surface area contributed by atoms with Gasteiger partial charge in [-0.05, 0) is 23.8 Å². The second kappa shape index (κ2) is 10.9. The molecular formula is C21H26F2N4OS. The van der Waals surface area contributed by atoms with Crippen LogP contribution in [-0.2, 0) is 13.1 Å². The summed E-state index contributed by atoms with van der Waals surface area (Å²) in [6, 6.07) is 15.3. The van der Waals surface area contributed by atoms with Crippen LogP contribution in [0.5, 0.6) is 5.75 Å². The summed E-state index contributed by atoms with van der Waals surface area (Å²) in [5, 5.41) is 6.38. The molecular weight excluding hydrogens is 394 g/mol. The van der Waals surface area contributed by atoms with Gasteiger partial charge in [-0.3, -0.25) is 4.99 Å². The van der Waals surface area contributed by atoms with Crippen LogP contribution < -0.4 is 20.3 Å². The SMILES string of the molecule is CN=C(NCc1ccc(N2CCSCC2)cc1)NCc1ccccc1OC(F)F. The number of hydrogen-bond acceptors (Lipinski definition) is 4. The Morgan fingerprint density at radius 1 is 1.07 bits per heavy atom. The first-order chi connectivity index (χ1) is 14.2. The molecule has 8 heteroatoms. The Kier molecular flexibility index (Phi) is 7.98. The van der Waals surface area contributed by atoms with Gasteiger partial charge >= 0.3 is 6.61 Å². The average molecular weight is 421 g/mol. The van der Waals surface area contributed by atoms with Gasteiger partial charge in [-0.2, -0.15) is 20.5 Å². The van der Waals surface area contributed by atoms with Crippen molar-refractivity contribution in [3.63, 3.8) is 0 Å². The fourth-order valence-electron chi connectivity index (χ4n) is 3.09. The number of nitrogens with zero attached hydrogens (tertiary/aromatic N) is 2. The van der Waals surface area contributed by atoms with Crippen LogP contribution in [0.2, 0.25) is 0 Å². The normalized spacial score (nSPS) is 14.8. The van der Waals surface area contributed by atoms with Gasteiger partial charge in [-0.1, -0.05) is 30.3 Å². The van der Waals surface area contributed by atoms with Gasteiger partial charge in [0.05, 0.1) is 0 Å². The molecule has 3 rings (SSSR count). The van der Waals surface area contributed by atoms with E-state index >= 15 is 0 Å². The number of benzene rings is 2. The second-order valence-corrected chi connectivity index (χ2v) is 7.76. The summed E-state index contributed by atoms with van der Waals surface area (Å²) in [5.74, 6) is 3.11. The molecule has 1 aliphatic rings. The lowest BCUT2D eigenvalue weighted by Gasteiger charge is -2.28. The zero-order valence-electron chi connectivity index (χ0n) is 16.4. The fourth-order valence-corrected chi connectivity index (χ4v) is 4.00. The smallest absolute Gasteiger partial charge is 0.387 e. The molecule has 156 valence electrons. The third-order valence-corrected chi connectivity index (χ3v) is 5.57. The van der Waals surface area contributed by atoms with Gasteiger partial charge in [-0.15, -0.1) is 0 Å². The maximum Gasteiger partial charge on any atom is 0.387 e. The van der Waals surface area contributed by atoms with E-state index in [0.29, 0.717) is 24.6 Å². The van der Waals surface area contributed by atoms with E-state index < -0.39 is 6.61 Å². The van der Waals surface area contributed by atoms with Crippen molar-refractivity contribution in [1.82, 2.24) is 10.6 Å². The number of hydrogen-bond donors (Lipinski definition) is 2. The summed E-state index contributed by atoms with van der Waals surface area (Å²) in [5.41, 5.74) is 3.04. The molecule has 29 heavy (non-hydrogen) atoms. The molecule has 5 nitrogen and oxygen atoms in total. The Hall–Kier alpha value is -2.48. The monoisotopic (exact) mass is 420 g/mol. The highest BCUT2D eigenvalue weighted by molar-refractivity contribution is 7.99. The molecule has 0 bridgehead atoms. The van der Waals surface area contributed by atoms with E-state index in [2.05, 4.69) is 49.5 Å². The number of alkyl halides is 2. The minimum Gasteiger partial charge on any atom is -0.434 e. The number of halogens is 2. The van der Waals surface area contributed by atoms with Crippen molar-refractivity contribution >= 4 is 23.4 Å². The summed E-state index contributed by atoms with van der Waals surface area (Å²) < 4.78 is 29.6. The number of para-hydroxylation sites is 1. The highest BCUT2D eigenvalue weighted by atomic mass is 32.2. The first-order valence-electron chi connectivity index (χ1n) is 9.54. The Balaban J connectivity index is 1.51. The topological polar surface area (TPSA) is 48.9 Å². The highest BCUT2D eigenvalue weighted by Gasteiger charge is 2.11. The molecule has 0 spiro atoms. The number of ether oxygens (including phenoxy) is 1. The Bertz CT molecular complexity index is 796. The summed E-state index contributed by atoms with van der Waals surface area (Å²) >= 11 is 2.00. The van der Waals surface area contributed by atoms with E-state index in [9.17, 15) is 8.78 Å². The van der Waals surface area contributed by atoms with E-state index in [1.807, 2.05) is 11.8 Å². The van der Waals surface area contributed by atoms with Gasteiger partial charge in [0.25, 0.3) is 0 Å². The van der Waals surface area contributed by atoms with E-state index in [0.717, 1.165) is 18.7 Å². The van der Waals surface area contributed by atoms with Crippen LogP contribution in [-0.4, -0.2) is 44.2 Å². The average Bonchev–Trinajstić information content (AvgIpc) is 2.75. The summed E-state index contributed by atoms with van der Waals surface area (Å²) in [7, 11) is 1.67. The van der Waals surface area contributed by atoms with Crippen molar-refractivity contribution in [3.05, 3.63) is 59.7 Å². The number of anilines is 1. The minimum atomic E-state index is -2.85. The molecule has 0 amide bonds. The zero-order valence-corrected chi connectivity index (χ0v) is 17.2. The molecule has 0 atom stereocenters. The Morgan fingerprint density at radius 2 is 1.76 bits per heavy atom. The number of rotatable bonds is 7. The predicted molar refractivity (Wildman–Crippen MR) is 116 cm³/mol. The molecule has 0 aromatic heterocycles. The molecule has 0 unspecified atom stereocenters. The first-order valence-corrected chi connectivity index (χ1v) is 10.7. The standard InChI is InChI=1S/C21H26F2N4OS/c1-24-21(26-15-17-4-2-3-5-19(17)28-20(22)23)25-14-16-6-8-18(9-7-16)27-10-12-29-13-11-27/h2-9,20H,10-15H2,1H3,(H2,24,25,26). The quantitative estimate of drug-likeness (QED) is 0.528. The van der Waals surface area contributed by atoms with Crippen molar-refractivity contribution in [3.8, 4) is 5.75 Å². The maximum absolute atomic E-state index is 12.5. The molecule has 0 aliphatic carbocycles. The number of aliphatic imine (C=N–C) groups is 1. The van der Waals surface area contributed by atoms with Gasteiger partial charge in [0.15, 0.2) is 5.96 Å². The van der Waals surface area contributed by atoms with Crippen LogP contribution in [0.15, 0.2) is 53.5 Å². The van der Waals surface area contributed by atoms with Crippen molar-refractivity contribution in [2.75, 3.05) is 36.5 Å². The molecule has 2 aromatic carbocycles. The number of guanidine groups is 1. The molecule has 2 N–H and O–H groups in total. The summed E-state index contributed by atoms with van der Waals surface area (Å²) in [6.45, 7) is 0.283. The van der Waals surface area contributed by atoms with E-state index in [1.54, 1.807) is 25.2 Å². The number of thioether (sulfide) groups is 1. The molecule has 0 radical (unpaired) electrons. The van der Waals surface area contributed by atoms with Crippen LogP contribution >= 0.6 is 11.8 Å². The zero-order chi connectivity index (χ0) is 20.5. The molecule has 2 aromatic rings. The van der Waals surface area contributed by atoms with Crippen molar-refractivity contribution in [1.29, 1.82) is 0 Å². The third kappa shape index (κ3) is 6.52. The van der Waals surface area contributed by atoms with Crippen LogP contribution in [0.4, 0.5) is 14.5 Å². The van der Waals surface area contributed by atoms with Crippen LogP contribution in [0, 0.1) is 0 Å². The molecule has 1 aliphatic heterocycles. The van der Waals surface area contributed by atoms with Gasteiger partial charge in [0.1, 0.15) is 5.75 Å². The van der Waals surface area contributed by atoms with Gasteiger partial charge in [0, 0.05) is 56.0 Å². The van der Waals surface area contributed by atoms with Crippen molar-refractivity contribution < 1.29 is 13.5 Å². The first kappa shape index (κ1) is 21.2. The second-order valence-electron chi connectivity index (χ2n) is 6.53. The largest absolute Gasteiger partial charge is 0.434 e. The van der Waals surface area contributed by atoms with E-state index in [4.69, 9.17) is 0 Å². The lowest BCUT2D eigenvalue weighted by atomic mass is 10.2. The highest BCUT2D eigenvalue weighted by Crippen LogP contribution is 2.21. The minimum absolute atomic E-state index is 0.164.